The van der Waals surface area contributed by atoms with E-state index >= 15 is 0 Å². The predicted molar refractivity (Wildman–Crippen MR) is 78.9 cm³/mol. The Kier molecular flexibility index (Phi) is 3.52. The smallest absolute Gasteiger partial charge is 0.257 e. The van der Waals surface area contributed by atoms with Gasteiger partial charge < -0.3 is 4.90 Å². The number of fused-ring (bicyclic) bond motifs is 1. The normalized spacial score (nSPS) is 17.9. The summed E-state index contributed by atoms with van der Waals surface area (Å²) in [5.74, 6) is -0.839. The maximum absolute atomic E-state index is 13.9. The fourth-order valence-corrected chi connectivity index (χ4v) is 3.73. The number of carbonyl (C=O) groups is 1. The predicted octanol–water partition coefficient (Wildman–Crippen LogP) is 4.30. The van der Waals surface area contributed by atoms with Crippen molar-refractivity contribution < 1.29 is 9.18 Å². The van der Waals surface area contributed by atoms with Crippen LogP contribution in [0.3, 0.4) is 0 Å². The molecular weight excluding hydrogens is 297 g/mol. The summed E-state index contributed by atoms with van der Waals surface area (Å²) in [6.07, 6.45) is 0.832. The molecule has 2 aromatic rings. The monoisotopic (exact) mass is 309 g/mol. The van der Waals surface area contributed by atoms with Gasteiger partial charge in [-0.1, -0.05) is 11.6 Å². The summed E-state index contributed by atoms with van der Waals surface area (Å²) in [4.78, 5) is 15.6. The van der Waals surface area contributed by atoms with Crippen molar-refractivity contribution in [2.24, 2.45) is 0 Å². The van der Waals surface area contributed by atoms with Crippen LogP contribution in [0.15, 0.2) is 29.6 Å². The molecule has 0 saturated heterocycles. The van der Waals surface area contributed by atoms with Crippen LogP contribution in [0.2, 0.25) is 5.02 Å². The van der Waals surface area contributed by atoms with Gasteiger partial charge in [0.05, 0.1) is 11.6 Å². The van der Waals surface area contributed by atoms with Crippen LogP contribution in [0, 0.1) is 5.82 Å². The standard InChI is InChI=1S/C15H13ClFNOS/c1-9-11-5-7-20-14(11)4-6-18(9)15(19)12-3-2-10(16)8-13(12)17/h2-3,5,7-9H,4,6H2,1H3/t9-/m1/s1. The minimum Gasteiger partial charge on any atom is -0.331 e. The third kappa shape index (κ3) is 2.23. The van der Waals surface area contributed by atoms with Crippen LogP contribution in [-0.2, 0) is 6.42 Å². The summed E-state index contributed by atoms with van der Waals surface area (Å²) in [7, 11) is 0. The van der Waals surface area contributed by atoms with Gasteiger partial charge in [-0.05, 0) is 48.6 Å². The highest BCUT2D eigenvalue weighted by Crippen LogP contribution is 2.34. The highest BCUT2D eigenvalue weighted by molar-refractivity contribution is 7.10. The third-order valence-electron chi connectivity index (χ3n) is 3.70. The Morgan fingerprint density at radius 2 is 2.25 bits per heavy atom. The summed E-state index contributed by atoms with van der Waals surface area (Å²) < 4.78 is 13.9. The SMILES string of the molecule is C[C@@H]1c2ccsc2CCN1C(=O)c1ccc(Cl)cc1F. The van der Waals surface area contributed by atoms with Gasteiger partial charge in [0.2, 0.25) is 0 Å². The van der Waals surface area contributed by atoms with Crippen LogP contribution in [0.5, 0.6) is 0 Å². The highest BCUT2D eigenvalue weighted by Gasteiger charge is 2.30. The molecule has 5 heteroatoms. The van der Waals surface area contributed by atoms with Gasteiger partial charge in [0, 0.05) is 16.4 Å². The molecule has 0 bridgehead atoms. The van der Waals surface area contributed by atoms with Crippen molar-refractivity contribution in [3.8, 4) is 0 Å². The molecule has 0 N–H and O–H groups in total. The molecule has 0 unspecified atom stereocenters. The van der Waals surface area contributed by atoms with Crippen LogP contribution in [0.4, 0.5) is 4.39 Å². The minimum atomic E-state index is -0.564. The van der Waals surface area contributed by atoms with E-state index in [9.17, 15) is 9.18 Å². The van der Waals surface area contributed by atoms with Crippen LogP contribution in [0.1, 0.15) is 33.8 Å². The Labute approximate surface area is 125 Å². The zero-order valence-electron chi connectivity index (χ0n) is 10.9. The average Bonchev–Trinajstić information content (AvgIpc) is 2.87. The van der Waals surface area contributed by atoms with Crippen molar-refractivity contribution in [1.82, 2.24) is 4.90 Å². The lowest BCUT2D eigenvalue weighted by molar-refractivity contribution is 0.0674. The first kappa shape index (κ1) is 13.6. The molecule has 1 aromatic heterocycles. The highest BCUT2D eigenvalue weighted by atomic mass is 35.5. The Morgan fingerprint density at radius 1 is 1.45 bits per heavy atom. The second-order valence-corrected chi connectivity index (χ2v) is 6.28. The van der Waals surface area contributed by atoms with E-state index in [1.54, 1.807) is 22.3 Å². The number of hydrogen-bond donors (Lipinski definition) is 0. The Hall–Kier alpha value is -1.39. The van der Waals surface area contributed by atoms with Gasteiger partial charge in [0.15, 0.2) is 0 Å². The number of carbonyl (C=O) groups excluding carboxylic acids is 1. The van der Waals surface area contributed by atoms with E-state index in [0.717, 1.165) is 6.42 Å². The average molecular weight is 310 g/mol. The Bertz CT molecular complexity index is 670. The second kappa shape index (κ2) is 5.19. The van der Waals surface area contributed by atoms with E-state index in [2.05, 4.69) is 0 Å². The van der Waals surface area contributed by atoms with Gasteiger partial charge in [-0.2, -0.15) is 0 Å². The molecular formula is C15H13ClFNOS. The molecule has 1 aliphatic heterocycles. The molecule has 1 atom stereocenters. The molecule has 2 nitrogen and oxygen atoms in total. The van der Waals surface area contributed by atoms with Gasteiger partial charge in [0.25, 0.3) is 5.91 Å². The molecule has 2 heterocycles. The van der Waals surface area contributed by atoms with E-state index in [1.807, 2.05) is 18.4 Å². The van der Waals surface area contributed by atoms with Crippen LogP contribution in [-0.4, -0.2) is 17.4 Å². The lowest BCUT2D eigenvalue weighted by atomic mass is 10.0. The summed E-state index contributed by atoms with van der Waals surface area (Å²) in [6.45, 7) is 2.60. The van der Waals surface area contributed by atoms with Crippen molar-refractivity contribution in [3.05, 3.63) is 56.5 Å². The van der Waals surface area contributed by atoms with Gasteiger partial charge in [-0.3, -0.25) is 4.79 Å². The molecule has 20 heavy (non-hydrogen) atoms. The van der Waals surface area contributed by atoms with Crippen molar-refractivity contribution in [1.29, 1.82) is 0 Å². The number of thiophene rings is 1. The quantitative estimate of drug-likeness (QED) is 0.769. The molecule has 3 rings (SSSR count). The largest absolute Gasteiger partial charge is 0.331 e. The van der Waals surface area contributed by atoms with E-state index in [0.29, 0.717) is 11.6 Å². The molecule has 0 spiro atoms. The number of halogens is 2. The topological polar surface area (TPSA) is 20.3 Å². The van der Waals surface area contributed by atoms with Crippen molar-refractivity contribution in [2.45, 2.75) is 19.4 Å². The molecule has 1 aliphatic rings. The van der Waals surface area contributed by atoms with Crippen LogP contribution in [0.25, 0.3) is 0 Å². The summed E-state index contributed by atoms with van der Waals surface area (Å²) in [6, 6.07) is 6.20. The summed E-state index contributed by atoms with van der Waals surface area (Å²) >= 11 is 7.44. The molecule has 1 aromatic carbocycles. The number of amides is 1. The summed E-state index contributed by atoms with van der Waals surface area (Å²) in [5, 5.41) is 2.34. The summed E-state index contributed by atoms with van der Waals surface area (Å²) in [5.41, 5.74) is 1.25. The van der Waals surface area contributed by atoms with E-state index in [4.69, 9.17) is 11.6 Å². The van der Waals surface area contributed by atoms with Gasteiger partial charge in [0.1, 0.15) is 5.82 Å². The molecule has 0 saturated carbocycles. The maximum atomic E-state index is 13.9. The minimum absolute atomic E-state index is 0.0208. The third-order valence-corrected chi connectivity index (χ3v) is 4.93. The van der Waals surface area contributed by atoms with E-state index in [-0.39, 0.29) is 17.5 Å². The fourth-order valence-electron chi connectivity index (χ4n) is 2.60. The lowest BCUT2D eigenvalue weighted by Crippen LogP contribution is -2.38. The lowest BCUT2D eigenvalue weighted by Gasteiger charge is -2.33. The van der Waals surface area contributed by atoms with E-state index < -0.39 is 5.82 Å². The van der Waals surface area contributed by atoms with Crippen LogP contribution >= 0.6 is 22.9 Å². The zero-order valence-corrected chi connectivity index (χ0v) is 12.5. The molecule has 0 radical (unpaired) electrons. The number of nitrogens with zero attached hydrogens (tertiary/aromatic N) is 1. The van der Waals surface area contributed by atoms with Gasteiger partial charge in [-0.15, -0.1) is 11.3 Å². The van der Waals surface area contributed by atoms with Gasteiger partial charge >= 0.3 is 0 Å². The first-order valence-electron chi connectivity index (χ1n) is 6.40. The Morgan fingerprint density at radius 3 is 3.00 bits per heavy atom. The molecule has 104 valence electrons. The number of hydrogen-bond acceptors (Lipinski definition) is 2. The number of rotatable bonds is 1. The molecule has 0 aliphatic carbocycles. The van der Waals surface area contributed by atoms with Crippen molar-refractivity contribution in [2.75, 3.05) is 6.54 Å². The molecule has 0 fully saturated rings. The first-order valence-corrected chi connectivity index (χ1v) is 7.66. The van der Waals surface area contributed by atoms with Gasteiger partial charge in [-0.25, -0.2) is 4.39 Å². The first-order chi connectivity index (χ1) is 9.58. The second-order valence-electron chi connectivity index (χ2n) is 4.85. The van der Waals surface area contributed by atoms with E-state index in [1.165, 1.54) is 22.6 Å². The zero-order chi connectivity index (χ0) is 14.3. The molecule has 1 amide bonds. The van der Waals surface area contributed by atoms with Crippen molar-refractivity contribution >= 4 is 28.8 Å². The van der Waals surface area contributed by atoms with Crippen molar-refractivity contribution in [3.63, 3.8) is 0 Å². The fraction of sp³-hybridized carbons (Fsp3) is 0.267. The van der Waals surface area contributed by atoms with Crippen LogP contribution < -0.4 is 0 Å². The Balaban J connectivity index is 1.92. The maximum Gasteiger partial charge on any atom is 0.257 e. The number of benzene rings is 1.